The van der Waals surface area contributed by atoms with Gasteiger partial charge in [-0.05, 0) is 47.7 Å². The number of aliphatic hydroxyl groups is 1. The first-order valence-electron chi connectivity index (χ1n) is 11.9. The lowest BCUT2D eigenvalue weighted by molar-refractivity contribution is 0.214. The summed E-state index contributed by atoms with van der Waals surface area (Å²) in [5, 5.41) is 13.3. The quantitative estimate of drug-likeness (QED) is 0.379. The molecule has 1 aromatic heterocycles. The minimum atomic E-state index is -1.96. The largest absolute Gasteiger partial charge is 0.416 e. The third-order valence-electron chi connectivity index (χ3n) is 7.78. The van der Waals surface area contributed by atoms with Gasteiger partial charge in [0.15, 0.2) is 8.32 Å². The van der Waals surface area contributed by atoms with Gasteiger partial charge in [-0.1, -0.05) is 64.1 Å². The van der Waals surface area contributed by atoms with E-state index in [2.05, 4.69) is 51.1 Å². The first kappa shape index (κ1) is 25.4. The van der Waals surface area contributed by atoms with Gasteiger partial charge in [-0.2, -0.15) is 4.98 Å². The minimum Gasteiger partial charge on any atom is -0.416 e. The highest BCUT2D eigenvalue weighted by molar-refractivity contribution is 6.74. The van der Waals surface area contributed by atoms with E-state index in [4.69, 9.17) is 4.43 Å². The van der Waals surface area contributed by atoms with Crippen LogP contribution in [0.3, 0.4) is 0 Å². The van der Waals surface area contributed by atoms with Crippen LogP contribution in [0.15, 0.2) is 59.0 Å². The Morgan fingerprint density at radius 1 is 1.24 bits per heavy atom. The lowest BCUT2D eigenvalue weighted by atomic mass is 9.99. The molecule has 33 heavy (non-hydrogen) atoms. The van der Waals surface area contributed by atoms with Crippen LogP contribution in [0.5, 0.6) is 0 Å². The zero-order valence-electron chi connectivity index (χ0n) is 20.8. The molecule has 0 spiro atoms. The Morgan fingerprint density at radius 3 is 2.55 bits per heavy atom. The molecule has 0 saturated heterocycles. The second-order valence-corrected chi connectivity index (χ2v) is 15.0. The molecule has 0 fully saturated rings. The van der Waals surface area contributed by atoms with E-state index in [0.717, 1.165) is 17.6 Å². The van der Waals surface area contributed by atoms with Crippen molar-refractivity contribution >= 4 is 14.1 Å². The van der Waals surface area contributed by atoms with Crippen molar-refractivity contribution in [3.8, 4) is 0 Å². The van der Waals surface area contributed by atoms with Gasteiger partial charge in [0.05, 0.1) is 12.6 Å². The van der Waals surface area contributed by atoms with Crippen molar-refractivity contribution < 1.29 is 9.53 Å². The summed E-state index contributed by atoms with van der Waals surface area (Å²) in [5.74, 6) is 1.20. The predicted octanol–water partition coefficient (Wildman–Crippen LogP) is 4.99. The smallest absolute Gasteiger partial charge is 0.350 e. The number of nitrogens with zero attached hydrogens (tertiary/aromatic N) is 2. The summed E-state index contributed by atoms with van der Waals surface area (Å²) >= 11 is 0. The molecule has 1 aliphatic rings. The molecule has 0 radical (unpaired) electrons. The molecule has 180 valence electrons. The lowest BCUT2D eigenvalue weighted by Gasteiger charge is -2.43. The molecule has 0 amide bonds. The van der Waals surface area contributed by atoms with Crippen LogP contribution in [0.2, 0.25) is 18.1 Å². The third-order valence-corrected chi connectivity index (χ3v) is 12.4. The van der Waals surface area contributed by atoms with E-state index in [1.165, 1.54) is 0 Å². The van der Waals surface area contributed by atoms with E-state index in [1.807, 2.05) is 42.5 Å². The Bertz CT molecular complexity index is 1010. The molecule has 0 bridgehead atoms. The fraction of sp³-hybridized carbons (Fsp3) is 0.538. The number of anilines is 1. The molecule has 0 unspecified atom stereocenters. The van der Waals surface area contributed by atoms with Crippen molar-refractivity contribution in [2.24, 2.45) is 11.8 Å². The van der Waals surface area contributed by atoms with Crippen molar-refractivity contribution in [2.75, 3.05) is 18.5 Å². The SMILES string of the molecule is CC(C)C(C)(C)[Si](C)(C)OC[C@H]1C[C@@H](n2ccc(NCc3ccccc3)nc2=O)C=C1CO. The molecule has 6 nitrogen and oxygen atoms in total. The Morgan fingerprint density at radius 2 is 1.94 bits per heavy atom. The van der Waals surface area contributed by atoms with Crippen LogP contribution in [0.25, 0.3) is 0 Å². The van der Waals surface area contributed by atoms with E-state index in [0.29, 0.717) is 24.9 Å². The zero-order chi connectivity index (χ0) is 24.2. The van der Waals surface area contributed by atoms with Crippen LogP contribution in [-0.2, 0) is 11.0 Å². The van der Waals surface area contributed by atoms with Crippen molar-refractivity contribution in [1.82, 2.24) is 9.55 Å². The van der Waals surface area contributed by atoms with Gasteiger partial charge in [0, 0.05) is 25.3 Å². The van der Waals surface area contributed by atoms with E-state index in [9.17, 15) is 9.90 Å². The second kappa shape index (κ2) is 10.4. The van der Waals surface area contributed by atoms with E-state index >= 15 is 0 Å². The van der Waals surface area contributed by atoms with E-state index < -0.39 is 8.32 Å². The standard InChI is InChI=1S/C26H39N3O3Si/c1-19(2)26(3,4)33(5,6)32-18-22-15-23(14-21(22)17-30)29-13-12-24(28-25(29)31)27-16-20-10-8-7-9-11-20/h7-14,19,22-23,30H,15-18H2,1-6H3,(H,27,28,31)/t22-,23+/m1/s1. The fourth-order valence-corrected chi connectivity index (χ4v) is 6.57. The second-order valence-electron chi connectivity index (χ2n) is 10.4. The van der Waals surface area contributed by atoms with Crippen LogP contribution >= 0.6 is 0 Å². The Hall–Kier alpha value is -2.22. The number of benzene rings is 1. The van der Waals surface area contributed by atoms with Crippen molar-refractivity contribution in [1.29, 1.82) is 0 Å². The Labute approximate surface area is 198 Å². The van der Waals surface area contributed by atoms with Crippen LogP contribution in [-0.4, -0.2) is 36.2 Å². The Balaban J connectivity index is 1.66. The molecule has 3 rings (SSSR count). The first-order valence-corrected chi connectivity index (χ1v) is 14.8. The van der Waals surface area contributed by atoms with E-state index in [-0.39, 0.29) is 29.3 Å². The summed E-state index contributed by atoms with van der Waals surface area (Å²) in [6.07, 6.45) is 4.54. The van der Waals surface area contributed by atoms with Gasteiger partial charge >= 0.3 is 5.69 Å². The molecule has 1 aliphatic carbocycles. The van der Waals surface area contributed by atoms with Crippen molar-refractivity contribution in [3.63, 3.8) is 0 Å². The first-order chi connectivity index (χ1) is 15.5. The zero-order valence-corrected chi connectivity index (χ0v) is 21.8. The summed E-state index contributed by atoms with van der Waals surface area (Å²) in [6, 6.07) is 11.7. The third kappa shape index (κ3) is 5.83. The molecule has 0 saturated carbocycles. The Kier molecular flexibility index (Phi) is 7.98. The molecular weight excluding hydrogens is 430 g/mol. The topological polar surface area (TPSA) is 76.4 Å². The summed E-state index contributed by atoms with van der Waals surface area (Å²) in [4.78, 5) is 17.0. The van der Waals surface area contributed by atoms with Crippen LogP contribution < -0.4 is 11.0 Å². The number of nitrogens with one attached hydrogen (secondary N) is 1. The maximum absolute atomic E-state index is 12.8. The maximum Gasteiger partial charge on any atom is 0.350 e. The molecular formula is C26H39N3O3Si. The summed E-state index contributed by atoms with van der Waals surface area (Å²) < 4.78 is 8.21. The highest BCUT2D eigenvalue weighted by Gasteiger charge is 2.44. The van der Waals surface area contributed by atoms with Gasteiger partial charge in [0.1, 0.15) is 5.82 Å². The summed E-state index contributed by atoms with van der Waals surface area (Å²) in [6.45, 7) is 14.8. The monoisotopic (exact) mass is 469 g/mol. The number of aromatic nitrogens is 2. The lowest BCUT2D eigenvalue weighted by Crippen LogP contribution is -2.46. The molecule has 0 aliphatic heterocycles. The van der Waals surface area contributed by atoms with Gasteiger partial charge in [0.2, 0.25) is 0 Å². The average Bonchev–Trinajstić information content (AvgIpc) is 3.20. The molecule has 7 heteroatoms. The van der Waals surface area contributed by atoms with Gasteiger partial charge in [-0.15, -0.1) is 0 Å². The molecule has 2 N–H and O–H groups in total. The highest BCUT2D eigenvalue weighted by Crippen LogP contribution is 2.45. The fourth-order valence-electron chi connectivity index (χ4n) is 4.19. The van der Waals surface area contributed by atoms with Crippen LogP contribution in [0.1, 0.15) is 45.7 Å². The van der Waals surface area contributed by atoms with Crippen molar-refractivity contribution in [2.45, 2.75) is 64.8 Å². The minimum absolute atomic E-state index is 0.0149. The highest BCUT2D eigenvalue weighted by atomic mass is 28.4. The molecule has 2 atom stereocenters. The van der Waals surface area contributed by atoms with Gasteiger partial charge < -0.3 is 14.8 Å². The molecule has 1 heterocycles. The van der Waals surface area contributed by atoms with Crippen molar-refractivity contribution in [3.05, 3.63) is 70.3 Å². The van der Waals surface area contributed by atoms with Crippen LogP contribution in [0, 0.1) is 11.8 Å². The number of hydrogen-bond donors (Lipinski definition) is 2. The van der Waals surface area contributed by atoms with Gasteiger partial charge in [-0.25, -0.2) is 4.79 Å². The maximum atomic E-state index is 12.8. The number of aliphatic hydroxyl groups excluding tert-OH is 1. The molecule has 1 aromatic carbocycles. The van der Waals surface area contributed by atoms with E-state index in [1.54, 1.807) is 10.8 Å². The number of hydrogen-bond acceptors (Lipinski definition) is 5. The summed E-state index contributed by atoms with van der Waals surface area (Å²) in [5.41, 5.74) is 1.79. The average molecular weight is 470 g/mol. The normalized spacial score (nSPS) is 19.1. The number of allylic oxidation sites excluding steroid dienone is 1. The van der Waals surface area contributed by atoms with Crippen LogP contribution in [0.4, 0.5) is 5.82 Å². The predicted molar refractivity (Wildman–Crippen MR) is 137 cm³/mol. The molecule has 2 aromatic rings. The summed E-state index contributed by atoms with van der Waals surface area (Å²) in [7, 11) is -1.96. The van der Waals surface area contributed by atoms with Gasteiger partial charge in [0.25, 0.3) is 0 Å². The van der Waals surface area contributed by atoms with Gasteiger partial charge in [-0.3, -0.25) is 4.57 Å². The number of rotatable bonds is 10.